The monoisotopic (exact) mass is 252 g/mol. The normalized spacial score (nSPS) is 16.7. The average Bonchev–Trinajstić information content (AvgIpc) is 2.29. The fraction of sp³-hybridized carbons (Fsp3) is 0.538. The first-order valence-corrected chi connectivity index (χ1v) is 6.40. The van der Waals surface area contributed by atoms with E-state index in [-0.39, 0.29) is 15.4 Å². The summed E-state index contributed by atoms with van der Waals surface area (Å²) in [5, 5.41) is 0. The smallest absolute Gasteiger partial charge is 0.396 e. The van der Waals surface area contributed by atoms with Crippen molar-refractivity contribution < 1.29 is 13.6 Å². The summed E-state index contributed by atoms with van der Waals surface area (Å²) in [5.41, 5.74) is 3.10. The Balaban J connectivity index is 0.000000249. The Morgan fingerprint density at radius 3 is 2.12 bits per heavy atom. The first-order valence-electron chi connectivity index (χ1n) is 5.59. The fourth-order valence-corrected chi connectivity index (χ4v) is 2.06. The third-order valence-electron chi connectivity index (χ3n) is 2.80. The van der Waals surface area contributed by atoms with Gasteiger partial charge in [0, 0.05) is 19.6 Å². The van der Waals surface area contributed by atoms with Crippen LogP contribution in [-0.4, -0.2) is 37.4 Å². The van der Waals surface area contributed by atoms with Gasteiger partial charge in [0.05, 0.1) is 13.2 Å². The Bertz CT molecular complexity index is 335. The third kappa shape index (κ3) is 3.92. The first kappa shape index (κ1) is 14.4. The maximum atomic E-state index is 5.25. The molecule has 1 aliphatic heterocycles. The highest BCUT2D eigenvalue weighted by Gasteiger charge is 2.35. The summed E-state index contributed by atoms with van der Waals surface area (Å²) in [5.74, 6) is 0. The Morgan fingerprint density at radius 2 is 1.76 bits per heavy atom. The Morgan fingerprint density at radius 1 is 1.18 bits per heavy atom. The van der Waals surface area contributed by atoms with Crippen LogP contribution in [0.15, 0.2) is 24.3 Å². The molecule has 0 aromatic heterocycles. The topological polar surface area (TPSA) is 27.7 Å². The number of rotatable bonds is 3. The average molecular weight is 252 g/mol. The van der Waals surface area contributed by atoms with Crippen LogP contribution < -0.4 is 0 Å². The van der Waals surface area contributed by atoms with Crippen molar-refractivity contribution in [1.82, 2.24) is 0 Å². The zero-order valence-electron chi connectivity index (χ0n) is 10.9. The second-order valence-corrected chi connectivity index (χ2v) is 5.34. The highest BCUT2D eigenvalue weighted by atomic mass is 28.3. The van der Waals surface area contributed by atoms with E-state index in [0.717, 1.165) is 13.2 Å². The summed E-state index contributed by atoms with van der Waals surface area (Å²) in [7, 11) is 3.40. The quantitative estimate of drug-likeness (QED) is 0.771. The van der Waals surface area contributed by atoms with Crippen LogP contribution in [0.2, 0.25) is 0 Å². The molecule has 0 N–H and O–H groups in total. The molecule has 17 heavy (non-hydrogen) atoms. The van der Waals surface area contributed by atoms with Crippen molar-refractivity contribution in [1.29, 1.82) is 0 Å². The van der Waals surface area contributed by atoms with E-state index in [1.807, 2.05) is 0 Å². The molecule has 2 radical (unpaired) electrons. The van der Waals surface area contributed by atoms with E-state index in [1.54, 1.807) is 14.2 Å². The molecule has 1 heterocycles. The van der Waals surface area contributed by atoms with Gasteiger partial charge in [-0.15, -0.1) is 0 Å². The lowest BCUT2D eigenvalue weighted by Crippen LogP contribution is -2.44. The number of benzene rings is 1. The Kier molecular flexibility index (Phi) is 5.84. The molecule has 2 rings (SSSR count). The van der Waals surface area contributed by atoms with Gasteiger partial charge in [-0.05, 0) is 18.1 Å². The van der Waals surface area contributed by atoms with Gasteiger partial charge in [-0.1, -0.05) is 31.2 Å². The van der Waals surface area contributed by atoms with E-state index in [4.69, 9.17) is 4.74 Å². The molecule has 4 heteroatoms. The van der Waals surface area contributed by atoms with Gasteiger partial charge in [0.25, 0.3) is 0 Å². The zero-order valence-corrected chi connectivity index (χ0v) is 11.9. The van der Waals surface area contributed by atoms with Crippen molar-refractivity contribution in [2.75, 3.05) is 27.4 Å². The summed E-state index contributed by atoms with van der Waals surface area (Å²) in [6.07, 6.45) is 0. The molecule has 0 bridgehead atoms. The maximum absolute atomic E-state index is 5.25. The largest absolute Gasteiger partial charge is 0.432 e. The van der Waals surface area contributed by atoms with Crippen molar-refractivity contribution in [3.63, 3.8) is 0 Å². The van der Waals surface area contributed by atoms with Crippen molar-refractivity contribution in [3.05, 3.63) is 35.4 Å². The molecule has 94 valence electrons. The second-order valence-electron chi connectivity index (χ2n) is 4.36. The van der Waals surface area contributed by atoms with E-state index < -0.39 is 0 Å². The fourth-order valence-electron chi connectivity index (χ4n) is 1.90. The van der Waals surface area contributed by atoms with E-state index in [2.05, 4.69) is 47.0 Å². The van der Waals surface area contributed by atoms with Gasteiger partial charge in [-0.2, -0.15) is 0 Å². The molecule has 1 fully saturated rings. The molecule has 1 aliphatic rings. The summed E-state index contributed by atoms with van der Waals surface area (Å²) < 4.78 is 14.2. The molecule has 1 saturated heterocycles. The minimum absolute atomic E-state index is 0.198. The number of aryl methyl sites for hydroxylation is 1. The number of hydrogen-bond donors (Lipinski definition) is 0. The Hall–Kier alpha value is -0.683. The van der Waals surface area contributed by atoms with Crippen molar-refractivity contribution >= 4 is 10.0 Å². The predicted octanol–water partition coefficient (Wildman–Crippen LogP) is 2.10. The molecule has 0 unspecified atom stereocenters. The summed E-state index contributed by atoms with van der Waals surface area (Å²) in [4.78, 5) is 0. The van der Waals surface area contributed by atoms with Crippen LogP contribution in [0.3, 0.4) is 0 Å². The summed E-state index contributed by atoms with van der Waals surface area (Å²) in [6, 6.07) is 8.56. The summed E-state index contributed by atoms with van der Waals surface area (Å²) in [6.45, 7) is 6.17. The lowest BCUT2D eigenvalue weighted by Gasteiger charge is -2.39. The predicted molar refractivity (Wildman–Crippen MR) is 69.1 cm³/mol. The minimum Gasteiger partial charge on any atom is -0.396 e. The van der Waals surface area contributed by atoms with Crippen LogP contribution in [0.5, 0.6) is 0 Å². The van der Waals surface area contributed by atoms with Gasteiger partial charge in [0.1, 0.15) is 0 Å². The van der Waals surface area contributed by atoms with Crippen LogP contribution in [0, 0.1) is 6.92 Å². The van der Waals surface area contributed by atoms with Crippen LogP contribution in [-0.2, 0) is 19.0 Å². The molecule has 0 aliphatic carbocycles. The third-order valence-corrected chi connectivity index (χ3v) is 3.14. The number of hydrogen-bond acceptors (Lipinski definition) is 3. The van der Waals surface area contributed by atoms with Crippen LogP contribution in [0.25, 0.3) is 0 Å². The molecule has 1 aromatic carbocycles. The van der Waals surface area contributed by atoms with Gasteiger partial charge in [-0.3, -0.25) is 0 Å². The summed E-state index contributed by atoms with van der Waals surface area (Å²) >= 11 is 0. The highest BCUT2D eigenvalue weighted by Crippen LogP contribution is 2.33. The molecule has 0 amide bonds. The molecule has 0 atom stereocenters. The van der Waals surface area contributed by atoms with Crippen LogP contribution in [0.4, 0.5) is 0 Å². The lowest BCUT2D eigenvalue weighted by molar-refractivity contribution is -0.0502. The van der Waals surface area contributed by atoms with E-state index >= 15 is 0 Å². The van der Waals surface area contributed by atoms with Gasteiger partial charge < -0.3 is 13.6 Å². The molecule has 0 saturated carbocycles. The van der Waals surface area contributed by atoms with Crippen molar-refractivity contribution in [3.8, 4) is 0 Å². The first-order chi connectivity index (χ1) is 8.14. The molecular weight excluding hydrogens is 232 g/mol. The SMILES string of the molecule is CO[Si]OC.Cc1ccccc1C1(C)COC1. The Labute approximate surface area is 106 Å². The van der Waals surface area contributed by atoms with E-state index in [1.165, 1.54) is 11.1 Å². The molecular formula is C13H20O3Si. The van der Waals surface area contributed by atoms with Crippen LogP contribution in [0.1, 0.15) is 18.1 Å². The minimum atomic E-state index is 0.198. The number of ether oxygens (including phenoxy) is 1. The standard InChI is InChI=1S/C11H14O.C2H6O2Si/c1-9-5-3-4-6-10(9)11(2)7-12-8-11;1-3-5-4-2/h3-6H,7-8H2,1-2H3;1-2H3. The van der Waals surface area contributed by atoms with Gasteiger partial charge >= 0.3 is 10.0 Å². The van der Waals surface area contributed by atoms with Crippen molar-refractivity contribution in [2.24, 2.45) is 0 Å². The van der Waals surface area contributed by atoms with E-state index in [9.17, 15) is 0 Å². The zero-order chi connectivity index (χ0) is 12.7. The molecule has 1 aromatic rings. The maximum Gasteiger partial charge on any atom is 0.432 e. The second kappa shape index (κ2) is 6.91. The molecule has 3 nitrogen and oxygen atoms in total. The highest BCUT2D eigenvalue weighted by molar-refractivity contribution is 6.17. The lowest BCUT2D eigenvalue weighted by atomic mass is 9.79. The van der Waals surface area contributed by atoms with E-state index in [0.29, 0.717) is 0 Å². The van der Waals surface area contributed by atoms with Gasteiger partial charge in [-0.25, -0.2) is 0 Å². The van der Waals surface area contributed by atoms with Gasteiger partial charge in [0.15, 0.2) is 0 Å². The van der Waals surface area contributed by atoms with Crippen molar-refractivity contribution in [2.45, 2.75) is 19.3 Å². The van der Waals surface area contributed by atoms with Gasteiger partial charge in [0.2, 0.25) is 0 Å². The molecule has 0 spiro atoms. The van der Waals surface area contributed by atoms with Crippen LogP contribution >= 0.6 is 0 Å².